The lowest BCUT2D eigenvalue weighted by atomic mass is 9.80. The molecule has 3 aliphatic rings. The van der Waals surface area contributed by atoms with Crippen molar-refractivity contribution < 1.29 is 59.9 Å². The molecule has 79 heavy (non-hydrogen) atoms. The van der Waals surface area contributed by atoms with Crippen molar-refractivity contribution in [1.29, 1.82) is 0 Å². The van der Waals surface area contributed by atoms with Crippen molar-refractivity contribution in [2.24, 2.45) is 10.2 Å². The van der Waals surface area contributed by atoms with E-state index in [9.17, 15) is 45.5 Å². The predicted molar refractivity (Wildman–Crippen MR) is 290 cm³/mol. The van der Waals surface area contributed by atoms with E-state index < -0.39 is 46.8 Å². The Hall–Kier alpha value is -8.03. The van der Waals surface area contributed by atoms with Gasteiger partial charge < -0.3 is 31.2 Å². The van der Waals surface area contributed by atoms with Crippen molar-refractivity contribution in [1.82, 2.24) is 25.0 Å². The third kappa shape index (κ3) is 19.4. The van der Waals surface area contributed by atoms with Crippen LogP contribution >= 0.6 is 15.9 Å². The van der Waals surface area contributed by atoms with Crippen molar-refractivity contribution in [2.45, 2.75) is 82.8 Å². The first kappa shape index (κ1) is 61.8. The molecule has 3 aromatic carbocycles. The fourth-order valence-electron chi connectivity index (χ4n) is 7.11. The maximum Gasteiger partial charge on any atom is 0.496 e. The minimum Gasteiger partial charge on any atom is -0.477 e. The number of hydrogen-bond acceptors (Lipinski definition) is 13. The summed E-state index contributed by atoms with van der Waals surface area (Å²) in [6, 6.07) is 20.6. The summed E-state index contributed by atoms with van der Waals surface area (Å²) in [4.78, 5) is 56.8. The number of nitrogens with two attached hydrogens (primary N) is 2. The molecule has 0 atom stereocenters. The normalized spacial score (nSPS) is 15.1. The van der Waals surface area contributed by atoms with Crippen LogP contribution in [0.1, 0.15) is 81.2 Å². The highest BCUT2D eigenvalue weighted by Crippen LogP contribution is 2.36. The van der Waals surface area contributed by atoms with Gasteiger partial charge in [0.15, 0.2) is 0 Å². The van der Waals surface area contributed by atoms with Crippen LogP contribution in [-0.2, 0) is 46.7 Å². The number of aromatic nitrogens is 3. The van der Waals surface area contributed by atoms with Crippen LogP contribution in [0, 0.1) is 34.9 Å². The Morgan fingerprint density at radius 3 is 1.38 bits per heavy atom. The molecule has 416 valence electrons. The van der Waals surface area contributed by atoms with Gasteiger partial charge in [0.05, 0.1) is 11.2 Å². The first-order valence-corrected chi connectivity index (χ1v) is 25.2. The number of alkyl halides is 1. The maximum atomic E-state index is 13.2. The Morgan fingerprint density at radius 1 is 0.595 bits per heavy atom. The average molecular weight is 1160 g/mol. The van der Waals surface area contributed by atoms with Crippen molar-refractivity contribution in [3.63, 3.8) is 0 Å². The molecule has 3 aliphatic heterocycles. The van der Waals surface area contributed by atoms with E-state index in [-0.39, 0.29) is 67.2 Å². The van der Waals surface area contributed by atoms with Crippen molar-refractivity contribution in [3.8, 4) is 0 Å². The largest absolute Gasteiger partial charge is 0.496 e. The van der Waals surface area contributed by atoms with Crippen LogP contribution in [0.2, 0.25) is 0 Å². The highest BCUT2D eigenvalue weighted by molar-refractivity contribution is 9.08. The molecule has 0 unspecified atom stereocenters. The zero-order chi connectivity index (χ0) is 58.2. The van der Waals surface area contributed by atoms with E-state index in [1.165, 1.54) is 56.7 Å². The van der Waals surface area contributed by atoms with Crippen LogP contribution in [0.4, 0.5) is 43.8 Å². The topological polar surface area (TPSA) is 241 Å². The van der Waals surface area contributed by atoms with Gasteiger partial charge in [-0.25, -0.2) is 56.1 Å². The van der Waals surface area contributed by atoms with E-state index in [4.69, 9.17) is 25.9 Å². The van der Waals surface area contributed by atoms with Gasteiger partial charge in [0.1, 0.15) is 63.8 Å². The number of nitrogens with one attached hydrogen (secondary N) is 1. The predicted octanol–water partition coefficient (Wildman–Crippen LogP) is 8.53. The van der Waals surface area contributed by atoms with E-state index in [1.807, 2.05) is 33.8 Å². The number of hydrazone groups is 2. The summed E-state index contributed by atoms with van der Waals surface area (Å²) >= 11 is 3.09. The second kappa shape index (κ2) is 28.0. The van der Waals surface area contributed by atoms with Gasteiger partial charge in [0.2, 0.25) is 11.8 Å². The summed E-state index contributed by atoms with van der Waals surface area (Å²) < 4.78 is 88.8. The summed E-state index contributed by atoms with van der Waals surface area (Å²) in [7, 11) is 2.58. The number of halogens is 7. The van der Waals surface area contributed by atoms with Gasteiger partial charge in [0.25, 0.3) is 5.91 Å². The van der Waals surface area contributed by atoms with Gasteiger partial charge in [0, 0.05) is 87.4 Å². The number of carboxylic acid groups (broad SMARTS) is 1. The number of benzene rings is 3. The van der Waals surface area contributed by atoms with Crippen LogP contribution in [0.25, 0.3) is 0 Å². The Balaban J connectivity index is 0.000000190. The lowest BCUT2D eigenvalue weighted by Crippen LogP contribution is -2.41. The van der Waals surface area contributed by atoms with Crippen LogP contribution in [-0.4, -0.2) is 97.6 Å². The van der Waals surface area contributed by atoms with Crippen LogP contribution in [0.5, 0.6) is 0 Å². The van der Waals surface area contributed by atoms with Crippen LogP contribution in [0.15, 0.2) is 120 Å². The molecular weight excluding hydrogens is 1110 g/mol. The SMILES string of the molecule is CC1(C)OB(c2ccc(N)nc2)OC1(C)C.CN1N=C(C(=O)Nc2ccc(Cc3cc(F)cc(F)c3)cn2)CCC1=O.CN1N=C(C(=O)O)CCC1=O.Fc1cc(F)cc(CBr)c1.Nc1ccc(Cc2cc(F)cc(F)c2)cn1. The molecule has 9 rings (SSSR count). The number of pyridine rings is 3. The molecule has 1 saturated heterocycles. The van der Waals surface area contributed by atoms with E-state index in [0.29, 0.717) is 52.3 Å². The lowest BCUT2D eigenvalue weighted by Gasteiger charge is -2.32. The quantitative estimate of drug-likeness (QED) is 0.0605. The molecule has 0 radical (unpaired) electrons. The van der Waals surface area contributed by atoms with Crippen molar-refractivity contribution in [2.75, 3.05) is 30.9 Å². The number of nitrogens with zero attached hydrogens (tertiary/aromatic N) is 7. The number of aliphatic carboxylic acids is 1. The highest BCUT2D eigenvalue weighted by atomic mass is 79.9. The Labute approximate surface area is 460 Å². The standard InChI is InChI=1S/C18H16F2N4O2.C12H10F2N2.C11H17BN2O2.C7H5BrF2.C6H8N2O3/c1-24-17(25)5-3-15(23-24)18(26)22-16-4-2-11(10-21-16)6-12-7-13(19)9-14(20)8-12;13-10-4-9(5-11(14)6-10)3-8-1-2-12(15)16-7-8;1-10(2)11(3,4)16-12(15-10)8-5-6-9(13)14-7-8;8-4-5-1-6(9)3-7(10)2-5;1-8-5(9)3-2-4(7-8)6(10)11/h2,4,7-10H,3,5-6H2,1H3,(H,21,22,26);1-2,4-7H,3H2,(H2,15,16);5-7H,1-4H3,(H2,13,14);1-3H,4H2;2-3H2,1H3,(H,10,11). The number of carbonyl (C=O) groups is 4. The fraction of sp³-hybridized carbons (Fsp3) is 0.278. The minimum absolute atomic E-state index is 0.0482. The highest BCUT2D eigenvalue weighted by Gasteiger charge is 2.51. The monoisotopic (exact) mass is 1160 g/mol. The van der Waals surface area contributed by atoms with Gasteiger partial charge in [-0.2, -0.15) is 10.2 Å². The molecule has 17 nitrogen and oxygen atoms in total. The smallest absolute Gasteiger partial charge is 0.477 e. The number of amides is 3. The van der Waals surface area contributed by atoms with Gasteiger partial charge in [-0.3, -0.25) is 14.4 Å². The summed E-state index contributed by atoms with van der Waals surface area (Å²) in [6.45, 7) is 8.10. The summed E-state index contributed by atoms with van der Waals surface area (Å²) in [5.41, 5.74) is 14.8. The van der Waals surface area contributed by atoms with Gasteiger partial charge in [-0.05, 0) is 123 Å². The molecule has 1 fully saturated rings. The summed E-state index contributed by atoms with van der Waals surface area (Å²) in [5.74, 6) is -3.97. The second-order valence-corrected chi connectivity index (χ2v) is 19.3. The number of anilines is 3. The van der Waals surface area contributed by atoms with Crippen molar-refractivity contribution in [3.05, 3.63) is 172 Å². The van der Waals surface area contributed by atoms with Gasteiger partial charge in [-0.15, -0.1) is 0 Å². The molecule has 0 aliphatic carbocycles. The molecule has 25 heteroatoms. The maximum absolute atomic E-state index is 13.2. The molecule has 0 spiro atoms. The third-order valence-corrected chi connectivity index (χ3v) is 12.6. The molecule has 0 saturated carbocycles. The second-order valence-electron chi connectivity index (χ2n) is 18.8. The Morgan fingerprint density at radius 2 is 1.00 bits per heavy atom. The van der Waals surface area contributed by atoms with E-state index in [2.05, 4.69) is 46.4 Å². The molecule has 6 aromatic rings. The van der Waals surface area contributed by atoms with E-state index in [0.717, 1.165) is 44.8 Å². The summed E-state index contributed by atoms with van der Waals surface area (Å²) in [6.07, 6.45) is 6.54. The lowest BCUT2D eigenvalue weighted by molar-refractivity contribution is -0.132. The molecule has 3 aromatic heterocycles. The number of carbonyl (C=O) groups excluding carboxylic acids is 3. The molecular formula is C54H56BBrF6N10O7. The fourth-order valence-corrected chi connectivity index (χ4v) is 7.43. The molecule has 0 bridgehead atoms. The van der Waals surface area contributed by atoms with Crippen molar-refractivity contribution >= 4 is 81.1 Å². The third-order valence-electron chi connectivity index (χ3n) is 11.9. The summed E-state index contributed by atoms with van der Waals surface area (Å²) in [5, 5.41) is 21.3. The average Bonchev–Trinajstić information content (AvgIpc) is 3.71. The minimum atomic E-state index is -1.05. The van der Waals surface area contributed by atoms with Gasteiger partial charge >= 0.3 is 13.1 Å². The number of rotatable bonds is 9. The number of nitrogen functional groups attached to an aromatic ring is 2. The Bertz CT molecular complexity index is 3100. The zero-order valence-corrected chi connectivity index (χ0v) is 45.3. The first-order valence-electron chi connectivity index (χ1n) is 24.0. The van der Waals surface area contributed by atoms with E-state index >= 15 is 0 Å². The zero-order valence-electron chi connectivity index (χ0n) is 43.7. The van der Waals surface area contributed by atoms with Gasteiger partial charge in [-0.1, -0.05) is 34.1 Å². The molecule has 3 amide bonds. The Kier molecular flexibility index (Phi) is 21.9. The van der Waals surface area contributed by atoms with E-state index in [1.54, 1.807) is 42.7 Å². The number of hydrogen-bond donors (Lipinski definition) is 4. The van der Waals surface area contributed by atoms with Crippen LogP contribution in [0.3, 0.4) is 0 Å². The first-order chi connectivity index (χ1) is 37.2. The molecule has 6 heterocycles. The number of carboxylic acids is 1. The molecule has 6 N–H and O–H groups in total. The van der Waals surface area contributed by atoms with Crippen LogP contribution < -0.4 is 22.2 Å².